The van der Waals surface area contributed by atoms with Crippen LogP contribution in [0.1, 0.15) is 22.8 Å². The molecule has 1 aliphatic heterocycles. The molecule has 0 spiro atoms. The highest BCUT2D eigenvalue weighted by Crippen LogP contribution is 2.32. The molecule has 0 radical (unpaired) electrons. The van der Waals surface area contributed by atoms with Crippen molar-refractivity contribution in [2.45, 2.75) is 11.8 Å². The van der Waals surface area contributed by atoms with Crippen LogP contribution in [0.3, 0.4) is 0 Å². The molecule has 30 heavy (non-hydrogen) atoms. The van der Waals surface area contributed by atoms with E-state index in [0.717, 1.165) is 0 Å². The van der Waals surface area contributed by atoms with E-state index in [1.807, 2.05) is 0 Å². The Labute approximate surface area is 189 Å². The highest BCUT2D eigenvalue weighted by molar-refractivity contribution is 7.89. The molecule has 2 aromatic carbocycles. The summed E-state index contributed by atoms with van der Waals surface area (Å²) in [5.74, 6) is -0.565. The highest BCUT2D eigenvalue weighted by Gasteiger charge is 2.26. The summed E-state index contributed by atoms with van der Waals surface area (Å²) in [6, 6.07) is 8.99. The maximum absolute atomic E-state index is 12.8. The first-order valence-corrected chi connectivity index (χ1v) is 11.5. The molecule has 0 bridgehead atoms. The zero-order chi connectivity index (χ0) is 21.9. The number of nitrogens with one attached hydrogen (secondary N) is 1. The maximum atomic E-state index is 12.8. The summed E-state index contributed by atoms with van der Waals surface area (Å²) < 4.78 is 32.1. The van der Waals surface area contributed by atoms with Gasteiger partial charge in [-0.25, -0.2) is 13.8 Å². The second kappa shape index (κ2) is 9.64. The molecule has 1 saturated heterocycles. The molecule has 2 aromatic rings. The number of halogens is 3. The van der Waals surface area contributed by atoms with Crippen LogP contribution in [0.4, 0.5) is 0 Å². The van der Waals surface area contributed by atoms with Gasteiger partial charge >= 0.3 is 0 Å². The van der Waals surface area contributed by atoms with Gasteiger partial charge in [-0.15, -0.1) is 0 Å². The lowest BCUT2D eigenvalue weighted by Crippen LogP contribution is -2.40. The van der Waals surface area contributed by atoms with Crippen molar-refractivity contribution in [2.75, 3.05) is 26.3 Å². The fourth-order valence-corrected chi connectivity index (χ4v) is 4.93. The standard InChI is InChI=1S/C19H18Cl3N3O4S/c1-12(15-5-6-16(20)18(22)17(15)21)23-24-19(26)13-3-2-4-14(11-13)30(27,28)25-7-9-29-10-8-25/h2-6,11H,7-10H2,1H3,(H,24,26)/b23-12-. The Kier molecular flexibility index (Phi) is 7.38. The summed E-state index contributed by atoms with van der Waals surface area (Å²) in [6.45, 7) is 2.86. The lowest BCUT2D eigenvalue weighted by Gasteiger charge is -2.26. The first kappa shape index (κ1) is 23.0. The lowest BCUT2D eigenvalue weighted by molar-refractivity contribution is 0.0730. The Morgan fingerprint density at radius 2 is 1.80 bits per heavy atom. The van der Waals surface area contributed by atoms with Crippen molar-refractivity contribution in [1.29, 1.82) is 0 Å². The Hall–Kier alpha value is -1.68. The van der Waals surface area contributed by atoms with Gasteiger partial charge < -0.3 is 4.74 Å². The summed E-state index contributed by atoms with van der Waals surface area (Å²) in [5.41, 5.74) is 3.47. The number of hydrogen-bond donors (Lipinski definition) is 1. The van der Waals surface area contributed by atoms with Gasteiger partial charge in [-0.1, -0.05) is 46.9 Å². The number of carbonyl (C=O) groups is 1. The number of ether oxygens (including phenoxy) is 1. The number of sulfonamides is 1. The fourth-order valence-electron chi connectivity index (χ4n) is 2.80. The van der Waals surface area contributed by atoms with E-state index in [9.17, 15) is 13.2 Å². The smallest absolute Gasteiger partial charge is 0.271 e. The monoisotopic (exact) mass is 489 g/mol. The summed E-state index contributed by atoms with van der Waals surface area (Å²) in [7, 11) is -3.71. The summed E-state index contributed by atoms with van der Waals surface area (Å²) in [6.07, 6.45) is 0. The topological polar surface area (TPSA) is 88.1 Å². The maximum Gasteiger partial charge on any atom is 0.271 e. The predicted octanol–water partition coefficient (Wildman–Crippen LogP) is 3.82. The van der Waals surface area contributed by atoms with Gasteiger partial charge in [0.1, 0.15) is 0 Å². The number of hydrogen-bond acceptors (Lipinski definition) is 5. The van der Waals surface area contributed by atoms with Crippen molar-refractivity contribution < 1.29 is 17.9 Å². The Balaban J connectivity index is 1.79. The first-order valence-electron chi connectivity index (χ1n) is 8.88. The van der Waals surface area contributed by atoms with Gasteiger partial charge in [0.2, 0.25) is 10.0 Å². The van der Waals surface area contributed by atoms with Gasteiger partial charge in [-0.2, -0.15) is 9.41 Å². The van der Waals surface area contributed by atoms with Crippen LogP contribution in [-0.2, 0) is 14.8 Å². The number of hydrazone groups is 1. The van der Waals surface area contributed by atoms with E-state index in [0.29, 0.717) is 29.5 Å². The molecule has 1 aliphatic rings. The van der Waals surface area contributed by atoms with E-state index in [1.165, 1.54) is 28.6 Å². The van der Waals surface area contributed by atoms with Crippen molar-refractivity contribution in [3.05, 3.63) is 62.6 Å². The predicted molar refractivity (Wildman–Crippen MR) is 117 cm³/mol. The van der Waals surface area contributed by atoms with Crippen molar-refractivity contribution in [2.24, 2.45) is 5.10 Å². The SMILES string of the molecule is C/C(=N/NC(=O)c1cccc(S(=O)(=O)N2CCOCC2)c1)c1ccc(Cl)c(Cl)c1Cl. The fraction of sp³-hybridized carbons (Fsp3) is 0.263. The number of morpholine rings is 1. The minimum atomic E-state index is -3.71. The van der Waals surface area contributed by atoms with Crippen molar-refractivity contribution in [3.63, 3.8) is 0 Å². The third kappa shape index (κ3) is 4.96. The first-order chi connectivity index (χ1) is 14.2. The number of nitrogens with zero attached hydrogens (tertiary/aromatic N) is 2. The minimum absolute atomic E-state index is 0.0327. The lowest BCUT2D eigenvalue weighted by atomic mass is 10.1. The second-order valence-corrected chi connectivity index (χ2v) is 9.51. The van der Waals surface area contributed by atoms with Crippen LogP contribution in [0, 0.1) is 0 Å². The second-order valence-electron chi connectivity index (χ2n) is 6.41. The quantitative estimate of drug-likeness (QED) is 0.392. The average Bonchev–Trinajstić information content (AvgIpc) is 2.76. The summed E-state index contributed by atoms with van der Waals surface area (Å²) >= 11 is 18.1. The molecule has 1 N–H and O–H groups in total. The summed E-state index contributed by atoms with van der Waals surface area (Å²) in [4.78, 5) is 12.5. The normalized spacial score (nSPS) is 15.8. The number of benzene rings is 2. The molecule has 11 heteroatoms. The van der Waals surface area contributed by atoms with E-state index in [4.69, 9.17) is 39.5 Å². The van der Waals surface area contributed by atoms with Gasteiger partial charge in [-0.3, -0.25) is 4.79 Å². The minimum Gasteiger partial charge on any atom is -0.379 e. The average molecular weight is 491 g/mol. The third-order valence-corrected chi connectivity index (χ3v) is 7.64. The van der Waals surface area contributed by atoms with Crippen LogP contribution in [0.5, 0.6) is 0 Å². The molecule has 1 amide bonds. The van der Waals surface area contributed by atoms with Gasteiger partial charge in [0.05, 0.1) is 38.9 Å². The van der Waals surface area contributed by atoms with E-state index >= 15 is 0 Å². The van der Waals surface area contributed by atoms with E-state index in [2.05, 4.69) is 10.5 Å². The zero-order valence-electron chi connectivity index (χ0n) is 15.9. The Morgan fingerprint density at radius 3 is 2.50 bits per heavy atom. The van der Waals surface area contributed by atoms with Gasteiger partial charge in [0, 0.05) is 24.2 Å². The third-order valence-electron chi connectivity index (χ3n) is 4.45. The molecule has 1 heterocycles. The van der Waals surface area contributed by atoms with Crippen molar-refractivity contribution in [1.82, 2.24) is 9.73 Å². The zero-order valence-corrected chi connectivity index (χ0v) is 18.9. The van der Waals surface area contributed by atoms with E-state index in [-0.39, 0.29) is 33.6 Å². The van der Waals surface area contributed by atoms with Gasteiger partial charge in [-0.05, 0) is 31.2 Å². The van der Waals surface area contributed by atoms with Crippen LogP contribution < -0.4 is 5.43 Å². The molecular formula is C19H18Cl3N3O4S. The van der Waals surface area contributed by atoms with Crippen LogP contribution >= 0.6 is 34.8 Å². The van der Waals surface area contributed by atoms with Crippen LogP contribution in [-0.4, -0.2) is 50.6 Å². The molecule has 0 aromatic heterocycles. The molecule has 160 valence electrons. The van der Waals surface area contributed by atoms with Gasteiger partial charge in [0.25, 0.3) is 5.91 Å². The number of amides is 1. The molecular weight excluding hydrogens is 473 g/mol. The van der Waals surface area contributed by atoms with E-state index < -0.39 is 15.9 Å². The molecule has 0 unspecified atom stereocenters. The molecule has 7 nitrogen and oxygen atoms in total. The number of carbonyl (C=O) groups excluding carboxylic acids is 1. The van der Waals surface area contributed by atoms with E-state index in [1.54, 1.807) is 19.1 Å². The Morgan fingerprint density at radius 1 is 1.10 bits per heavy atom. The Bertz CT molecular complexity index is 1100. The summed E-state index contributed by atoms with van der Waals surface area (Å²) in [5, 5.41) is 4.76. The van der Waals surface area contributed by atoms with Gasteiger partial charge in [0.15, 0.2) is 0 Å². The van der Waals surface area contributed by atoms with Crippen molar-refractivity contribution >= 4 is 56.4 Å². The van der Waals surface area contributed by atoms with Crippen LogP contribution in [0.25, 0.3) is 0 Å². The molecule has 0 saturated carbocycles. The number of rotatable bonds is 5. The highest BCUT2D eigenvalue weighted by atomic mass is 35.5. The molecule has 1 fully saturated rings. The molecule has 0 aliphatic carbocycles. The molecule has 0 atom stereocenters. The largest absolute Gasteiger partial charge is 0.379 e. The van der Waals surface area contributed by atoms with Crippen LogP contribution in [0.15, 0.2) is 46.4 Å². The molecule has 3 rings (SSSR count). The van der Waals surface area contributed by atoms with Crippen molar-refractivity contribution in [3.8, 4) is 0 Å². The van der Waals surface area contributed by atoms with Crippen LogP contribution in [0.2, 0.25) is 15.1 Å².